The highest BCUT2D eigenvalue weighted by Crippen LogP contribution is 2.31. The fourth-order valence-electron chi connectivity index (χ4n) is 3.25. The standard InChI is InChI=1S/C23H23N5S/c1-16-22(17(2)25-27(3)4)29-23(24-16)28-21(19-13-9-6-10-14-19)15-20(26-28)18-11-7-5-8-12-18/h5-15H,1-4H3/b25-17+. The summed E-state index contributed by atoms with van der Waals surface area (Å²) in [6.45, 7) is 4.04. The van der Waals surface area contributed by atoms with Crippen LogP contribution in [0, 0.1) is 6.92 Å². The van der Waals surface area contributed by atoms with Crippen LogP contribution < -0.4 is 0 Å². The fourth-order valence-corrected chi connectivity index (χ4v) is 4.22. The van der Waals surface area contributed by atoms with Gasteiger partial charge in [0.25, 0.3) is 0 Å². The first-order valence-corrected chi connectivity index (χ1v) is 10.3. The number of hydrazone groups is 1. The van der Waals surface area contributed by atoms with Crippen LogP contribution in [0.15, 0.2) is 71.8 Å². The SMILES string of the molecule is C/C(=N\N(C)C)c1sc(-n2nc(-c3ccccc3)cc2-c2ccccc2)nc1C. The predicted molar refractivity (Wildman–Crippen MR) is 121 cm³/mol. The Morgan fingerprint density at radius 2 is 1.59 bits per heavy atom. The Morgan fingerprint density at radius 3 is 2.21 bits per heavy atom. The van der Waals surface area contributed by atoms with Crippen molar-refractivity contribution in [1.29, 1.82) is 0 Å². The summed E-state index contributed by atoms with van der Waals surface area (Å²) in [5, 5.41) is 12.1. The van der Waals surface area contributed by atoms with Crippen molar-refractivity contribution in [3.8, 4) is 27.6 Å². The molecule has 0 amide bonds. The van der Waals surface area contributed by atoms with Gasteiger partial charge in [0.05, 0.1) is 27.7 Å². The maximum absolute atomic E-state index is 4.92. The molecule has 4 rings (SSSR count). The Balaban J connectivity index is 1.86. The number of thiazole rings is 1. The molecule has 0 saturated heterocycles. The summed E-state index contributed by atoms with van der Waals surface area (Å²) in [6.07, 6.45) is 0. The highest BCUT2D eigenvalue weighted by molar-refractivity contribution is 7.16. The van der Waals surface area contributed by atoms with Crippen molar-refractivity contribution in [2.75, 3.05) is 14.1 Å². The molecule has 0 spiro atoms. The van der Waals surface area contributed by atoms with Gasteiger partial charge in [-0.05, 0) is 19.9 Å². The molecule has 0 radical (unpaired) electrons. The van der Waals surface area contributed by atoms with E-state index in [4.69, 9.17) is 10.1 Å². The molecule has 4 aromatic rings. The van der Waals surface area contributed by atoms with Gasteiger partial charge in [0.2, 0.25) is 5.13 Å². The summed E-state index contributed by atoms with van der Waals surface area (Å²) in [5.41, 5.74) is 6.05. The lowest BCUT2D eigenvalue weighted by Crippen LogP contribution is -2.07. The van der Waals surface area contributed by atoms with Gasteiger partial charge in [0.15, 0.2) is 0 Å². The first-order chi connectivity index (χ1) is 14.0. The second-order valence-electron chi connectivity index (χ2n) is 7.00. The van der Waals surface area contributed by atoms with Crippen LogP contribution in [0.1, 0.15) is 17.5 Å². The van der Waals surface area contributed by atoms with E-state index in [0.29, 0.717) is 0 Å². The lowest BCUT2D eigenvalue weighted by Gasteiger charge is -2.06. The van der Waals surface area contributed by atoms with Crippen molar-refractivity contribution in [1.82, 2.24) is 19.8 Å². The zero-order chi connectivity index (χ0) is 20.4. The van der Waals surface area contributed by atoms with E-state index in [2.05, 4.69) is 35.4 Å². The van der Waals surface area contributed by atoms with Crippen LogP contribution in [0.3, 0.4) is 0 Å². The van der Waals surface area contributed by atoms with Crippen LogP contribution in [-0.4, -0.2) is 39.6 Å². The smallest absolute Gasteiger partial charge is 0.211 e. The normalized spacial score (nSPS) is 11.7. The summed E-state index contributed by atoms with van der Waals surface area (Å²) in [7, 11) is 3.85. The van der Waals surface area contributed by atoms with Crippen molar-refractivity contribution >= 4 is 17.0 Å². The number of hydrogen-bond acceptors (Lipinski definition) is 5. The van der Waals surface area contributed by atoms with Gasteiger partial charge < -0.3 is 5.01 Å². The van der Waals surface area contributed by atoms with E-state index in [9.17, 15) is 0 Å². The van der Waals surface area contributed by atoms with E-state index in [1.807, 2.05) is 74.0 Å². The van der Waals surface area contributed by atoms with Gasteiger partial charge in [-0.15, -0.1) is 0 Å². The molecule has 0 aliphatic heterocycles. The molecule has 0 unspecified atom stereocenters. The zero-order valence-electron chi connectivity index (χ0n) is 17.0. The topological polar surface area (TPSA) is 46.3 Å². The highest BCUT2D eigenvalue weighted by atomic mass is 32.1. The van der Waals surface area contributed by atoms with Crippen LogP contribution in [0.5, 0.6) is 0 Å². The molecule has 2 aromatic carbocycles. The molecule has 0 aliphatic carbocycles. The van der Waals surface area contributed by atoms with E-state index < -0.39 is 0 Å². The number of aryl methyl sites for hydroxylation is 1. The van der Waals surface area contributed by atoms with Crippen molar-refractivity contribution in [2.45, 2.75) is 13.8 Å². The van der Waals surface area contributed by atoms with Gasteiger partial charge in [-0.25, -0.2) is 9.67 Å². The number of rotatable bonds is 5. The summed E-state index contributed by atoms with van der Waals surface area (Å²) in [5.74, 6) is 0. The third-order valence-electron chi connectivity index (χ3n) is 4.49. The summed E-state index contributed by atoms with van der Waals surface area (Å²) < 4.78 is 1.95. The molecule has 0 atom stereocenters. The lowest BCUT2D eigenvalue weighted by molar-refractivity contribution is 0.438. The maximum Gasteiger partial charge on any atom is 0.211 e. The number of nitrogens with zero attached hydrogens (tertiary/aromatic N) is 5. The molecule has 0 aliphatic rings. The van der Waals surface area contributed by atoms with E-state index in [1.54, 1.807) is 11.3 Å². The molecule has 2 aromatic heterocycles. The maximum atomic E-state index is 4.92. The molecule has 0 bridgehead atoms. The van der Waals surface area contributed by atoms with Crippen LogP contribution >= 0.6 is 11.3 Å². The zero-order valence-corrected chi connectivity index (χ0v) is 17.8. The van der Waals surface area contributed by atoms with Crippen LogP contribution in [0.2, 0.25) is 0 Å². The summed E-state index contributed by atoms with van der Waals surface area (Å²) in [4.78, 5) is 5.90. The Hall–Kier alpha value is -3.25. The van der Waals surface area contributed by atoms with Gasteiger partial charge in [0, 0.05) is 25.2 Å². The molecule has 5 nitrogen and oxygen atoms in total. The minimum absolute atomic E-state index is 0.840. The van der Waals surface area contributed by atoms with Crippen LogP contribution in [0.4, 0.5) is 0 Å². The molecule has 2 heterocycles. The number of aromatic nitrogens is 3. The Kier molecular flexibility index (Phi) is 5.27. The van der Waals surface area contributed by atoms with E-state index in [0.717, 1.165) is 43.9 Å². The molecule has 6 heteroatoms. The second-order valence-corrected chi connectivity index (χ2v) is 7.98. The largest absolute Gasteiger partial charge is 0.303 e. The number of benzene rings is 2. The number of hydrogen-bond donors (Lipinski definition) is 0. The molecular weight excluding hydrogens is 378 g/mol. The predicted octanol–water partition coefficient (Wildman–Crippen LogP) is 5.26. The molecular formula is C23H23N5S. The molecule has 0 saturated carbocycles. The first kappa shape index (κ1) is 19.1. The van der Waals surface area contributed by atoms with Crippen LogP contribution in [-0.2, 0) is 0 Å². The van der Waals surface area contributed by atoms with Crippen LogP contribution in [0.25, 0.3) is 27.6 Å². The lowest BCUT2D eigenvalue weighted by atomic mass is 10.1. The molecule has 0 N–H and O–H groups in total. The van der Waals surface area contributed by atoms with E-state index >= 15 is 0 Å². The van der Waals surface area contributed by atoms with E-state index in [-0.39, 0.29) is 0 Å². The van der Waals surface area contributed by atoms with Crippen molar-refractivity contribution < 1.29 is 0 Å². The van der Waals surface area contributed by atoms with Crippen molar-refractivity contribution in [3.63, 3.8) is 0 Å². The Morgan fingerprint density at radius 1 is 0.966 bits per heavy atom. The second kappa shape index (κ2) is 8.01. The quantitative estimate of drug-likeness (QED) is 0.339. The average molecular weight is 402 g/mol. The molecule has 0 fully saturated rings. The first-order valence-electron chi connectivity index (χ1n) is 9.44. The summed E-state index contributed by atoms with van der Waals surface area (Å²) in [6, 6.07) is 22.7. The van der Waals surface area contributed by atoms with Gasteiger partial charge in [0.1, 0.15) is 0 Å². The Labute approximate surface area is 175 Å². The summed E-state index contributed by atoms with van der Waals surface area (Å²) >= 11 is 1.61. The van der Waals surface area contributed by atoms with Gasteiger partial charge in [-0.1, -0.05) is 72.0 Å². The highest BCUT2D eigenvalue weighted by Gasteiger charge is 2.18. The minimum atomic E-state index is 0.840. The van der Waals surface area contributed by atoms with Gasteiger partial charge >= 0.3 is 0 Å². The van der Waals surface area contributed by atoms with E-state index in [1.165, 1.54) is 0 Å². The van der Waals surface area contributed by atoms with Gasteiger partial charge in [-0.2, -0.15) is 10.2 Å². The van der Waals surface area contributed by atoms with Crippen molar-refractivity contribution in [2.24, 2.45) is 5.10 Å². The molecule has 29 heavy (non-hydrogen) atoms. The van der Waals surface area contributed by atoms with Crippen molar-refractivity contribution in [3.05, 3.63) is 77.3 Å². The average Bonchev–Trinajstić information content (AvgIpc) is 3.33. The minimum Gasteiger partial charge on any atom is -0.303 e. The monoisotopic (exact) mass is 401 g/mol. The van der Waals surface area contributed by atoms with Gasteiger partial charge in [-0.3, -0.25) is 0 Å². The molecule has 146 valence electrons. The fraction of sp³-hybridized carbons (Fsp3) is 0.174. The Bertz CT molecular complexity index is 1140. The third kappa shape index (κ3) is 3.98. The third-order valence-corrected chi connectivity index (χ3v) is 5.74.